The maximum atomic E-state index is 11.9. The number of carbonyl (C=O) groups is 1. The number of nitrogens with zero attached hydrogens (tertiary/aromatic N) is 1. The molecule has 4 nitrogen and oxygen atoms in total. The number of hydrogen-bond acceptors (Lipinski definition) is 3. The predicted molar refractivity (Wildman–Crippen MR) is 66.3 cm³/mol. The number of piperazine rings is 1. The highest BCUT2D eigenvalue weighted by Crippen LogP contribution is 2.04. The van der Waals surface area contributed by atoms with E-state index in [9.17, 15) is 4.79 Å². The van der Waals surface area contributed by atoms with Crippen molar-refractivity contribution in [2.75, 3.05) is 26.2 Å². The summed E-state index contributed by atoms with van der Waals surface area (Å²) in [5, 5.41) is 6.38. The van der Waals surface area contributed by atoms with Crippen LogP contribution in [-0.4, -0.2) is 49.1 Å². The fourth-order valence-electron chi connectivity index (χ4n) is 1.93. The molecule has 4 heteroatoms. The minimum Gasteiger partial charge on any atom is -0.354 e. The number of rotatable bonds is 4. The molecule has 0 spiro atoms. The van der Waals surface area contributed by atoms with Gasteiger partial charge in [0.1, 0.15) is 0 Å². The van der Waals surface area contributed by atoms with E-state index in [1.807, 2.05) is 6.92 Å². The van der Waals surface area contributed by atoms with Crippen LogP contribution in [0.5, 0.6) is 0 Å². The van der Waals surface area contributed by atoms with Gasteiger partial charge in [0.05, 0.1) is 6.04 Å². The van der Waals surface area contributed by atoms with E-state index in [-0.39, 0.29) is 11.9 Å². The summed E-state index contributed by atoms with van der Waals surface area (Å²) in [7, 11) is 0. The fourth-order valence-corrected chi connectivity index (χ4v) is 1.93. The van der Waals surface area contributed by atoms with Crippen molar-refractivity contribution in [3.8, 4) is 0 Å². The quantitative estimate of drug-likeness (QED) is 0.732. The average Bonchev–Trinajstić information content (AvgIpc) is 2.24. The molecule has 0 aliphatic carbocycles. The van der Waals surface area contributed by atoms with Gasteiger partial charge in [-0.2, -0.15) is 0 Å². The Morgan fingerprint density at radius 2 is 2.19 bits per heavy atom. The lowest BCUT2D eigenvalue weighted by molar-refractivity contribution is -0.126. The van der Waals surface area contributed by atoms with Crippen molar-refractivity contribution in [3.05, 3.63) is 0 Å². The van der Waals surface area contributed by atoms with Crippen molar-refractivity contribution in [2.45, 2.75) is 39.8 Å². The molecule has 1 fully saturated rings. The number of hydrogen-bond donors (Lipinski definition) is 2. The average molecular weight is 227 g/mol. The van der Waals surface area contributed by atoms with Gasteiger partial charge in [-0.25, -0.2) is 0 Å². The Hall–Kier alpha value is -0.610. The molecule has 2 N–H and O–H groups in total. The van der Waals surface area contributed by atoms with Gasteiger partial charge >= 0.3 is 0 Å². The first kappa shape index (κ1) is 13.5. The topological polar surface area (TPSA) is 44.4 Å². The Kier molecular flexibility index (Phi) is 5.22. The molecule has 1 saturated heterocycles. The van der Waals surface area contributed by atoms with Crippen molar-refractivity contribution in [2.24, 2.45) is 5.92 Å². The Balaban J connectivity index is 2.37. The van der Waals surface area contributed by atoms with Crippen LogP contribution >= 0.6 is 0 Å². The van der Waals surface area contributed by atoms with Gasteiger partial charge in [0, 0.05) is 32.2 Å². The summed E-state index contributed by atoms with van der Waals surface area (Å²) in [6.07, 6.45) is 0. The smallest absolute Gasteiger partial charge is 0.237 e. The zero-order chi connectivity index (χ0) is 12.1. The fraction of sp³-hybridized carbons (Fsp3) is 0.917. The lowest BCUT2D eigenvalue weighted by atomic mass is 10.1. The van der Waals surface area contributed by atoms with Gasteiger partial charge < -0.3 is 10.6 Å². The predicted octanol–water partition coefficient (Wildman–Crippen LogP) is 0.441. The second-order valence-electron chi connectivity index (χ2n) is 5.17. The SMILES string of the molecule is CC(C)CNC(=O)C(C)N1CCN[C@H](C)C1. The molecule has 0 bridgehead atoms. The van der Waals surface area contributed by atoms with Crippen LogP contribution in [0.3, 0.4) is 0 Å². The second-order valence-corrected chi connectivity index (χ2v) is 5.17. The van der Waals surface area contributed by atoms with Gasteiger partial charge in [0.15, 0.2) is 0 Å². The summed E-state index contributed by atoms with van der Waals surface area (Å²) in [5.74, 6) is 0.667. The highest BCUT2D eigenvalue weighted by molar-refractivity contribution is 5.81. The molecule has 0 radical (unpaired) electrons. The van der Waals surface area contributed by atoms with Crippen molar-refractivity contribution >= 4 is 5.91 Å². The maximum Gasteiger partial charge on any atom is 0.237 e. The van der Waals surface area contributed by atoms with Crippen LogP contribution in [0.25, 0.3) is 0 Å². The van der Waals surface area contributed by atoms with Crippen LogP contribution in [0.2, 0.25) is 0 Å². The van der Waals surface area contributed by atoms with E-state index in [4.69, 9.17) is 0 Å². The third kappa shape index (κ3) is 4.10. The standard InChI is InChI=1S/C12H25N3O/c1-9(2)7-14-12(16)11(4)15-6-5-13-10(3)8-15/h9-11,13H,5-8H2,1-4H3,(H,14,16)/t10-,11?/m1/s1. The summed E-state index contributed by atoms with van der Waals surface area (Å²) in [5.41, 5.74) is 0. The molecule has 1 rings (SSSR count). The molecule has 0 aromatic heterocycles. The van der Waals surface area contributed by atoms with Crippen LogP contribution in [0.15, 0.2) is 0 Å². The number of nitrogens with one attached hydrogen (secondary N) is 2. The highest BCUT2D eigenvalue weighted by atomic mass is 16.2. The van der Waals surface area contributed by atoms with Crippen LogP contribution in [-0.2, 0) is 4.79 Å². The van der Waals surface area contributed by atoms with Crippen LogP contribution < -0.4 is 10.6 Å². The molecule has 1 unspecified atom stereocenters. The molecule has 16 heavy (non-hydrogen) atoms. The molecule has 0 aromatic rings. The van der Waals surface area contributed by atoms with E-state index in [0.717, 1.165) is 26.2 Å². The van der Waals surface area contributed by atoms with E-state index in [0.29, 0.717) is 12.0 Å². The molecular weight excluding hydrogens is 202 g/mol. The second kappa shape index (κ2) is 6.21. The van der Waals surface area contributed by atoms with E-state index in [1.54, 1.807) is 0 Å². The summed E-state index contributed by atoms with van der Waals surface area (Å²) in [6.45, 7) is 12.0. The Morgan fingerprint density at radius 1 is 1.50 bits per heavy atom. The summed E-state index contributed by atoms with van der Waals surface area (Å²) in [6, 6.07) is 0.470. The van der Waals surface area contributed by atoms with Gasteiger partial charge in [-0.3, -0.25) is 9.69 Å². The third-order valence-corrected chi connectivity index (χ3v) is 3.01. The lowest BCUT2D eigenvalue weighted by Gasteiger charge is -2.35. The van der Waals surface area contributed by atoms with E-state index in [1.165, 1.54) is 0 Å². The molecule has 0 aromatic carbocycles. The molecule has 1 aliphatic rings. The van der Waals surface area contributed by atoms with E-state index in [2.05, 4.69) is 36.3 Å². The van der Waals surface area contributed by atoms with Crippen LogP contribution in [0, 0.1) is 5.92 Å². The molecule has 94 valence electrons. The van der Waals surface area contributed by atoms with Crippen molar-refractivity contribution in [1.29, 1.82) is 0 Å². The van der Waals surface area contributed by atoms with Crippen molar-refractivity contribution in [3.63, 3.8) is 0 Å². The molecule has 0 saturated carbocycles. The van der Waals surface area contributed by atoms with Gasteiger partial charge in [0.2, 0.25) is 5.91 Å². The Labute approximate surface area is 98.8 Å². The first-order valence-electron chi connectivity index (χ1n) is 6.26. The number of carbonyl (C=O) groups excluding carboxylic acids is 1. The summed E-state index contributed by atoms with van der Waals surface area (Å²) >= 11 is 0. The highest BCUT2D eigenvalue weighted by Gasteiger charge is 2.24. The maximum absolute atomic E-state index is 11.9. The molecule has 1 amide bonds. The molecule has 1 heterocycles. The van der Waals surface area contributed by atoms with Gasteiger partial charge in [0.25, 0.3) is 0 Å². The Bertz CT molecular complexity index is 230. The van der Waals surface area contributed by atoms with Gasteiger partial charge in [-0.15, -0.1) is 0 Å². The Morgan fingerprint density at radius 3 is 2.75 bits per heavy atom. The number of amides is 1. The molecular formula is C12H25N3O. The summed E-state index contributed by atoms with van der Waals surface area (Å²) < 4.78 is 0. The minimum atomic E-state index is -0.0108. The minimum absolute atomic E-state index is 0.0108. The zero-order valence-electron chi connectivity index (χ0n) is 10.9. The molecule has 2 atom stereocenters. The van der Waals surface area contributed by atoms with Crippen molar-refractivity contribution in [1.82, 2.24) is 15.5 Å². The lowest BCUT2D eigenvalue weighted by Crippen LogP contribution is -2.56. The van der Waals surface area contributed by atoms with Crippen LogP contribution in [0.1, 0.15) is 27.7 Å². The molecule has 1 aliphatic heterocycles. The monoisotopic (exact) mass is 227 g/mol. The van der Waals surface area contributed by atoms with Gasteiger partial charge in [-0.1, -0.05) is 13.8 Å². The van der Waals surface area contributed by atoms with Crippen molar-refractivity contribution < 1.29 is 4.79 Å². The van der Waals surface area contributed by atoms with E-state index < -0.39 is 0 Å². The first-order valence-corrected chi connectivity index (χ1v) is 6.26. The summed E-state index contributed by atoms with van der Waals surface area (Å²) in [4.78, 5) is 14.1. The van der Waals surface area contributed by atoms with E-state index >= 15 is 0 Å². The largest absolute Gasteiger partial charge is 0.354 e. The van der Waals surface area contributed by atoms with Gasteiger partial charge in [-0.05, 0) is 19.8 Å². The zero-order valence-corrected chi connectivity index (χ0v) is 10.9. The normalized spacial score (nSPS) is 24.4. The first-order chi connectivity index (χ1) is 7.50. The van der Waals surface area contributed by atoms with Crippen LogP contribution in [0.4, 0.5) is 0 Å². The third-order valence-electron chi connectivity index (χ3n) is 3.01.